The molecule has 0 unspecified atom stereocenters. The molecule has 0 fully saturated rings. The van der Waals surface area contributed by atoms with Gasteiger partial charge in [0, 0.05) is 13.1 Å². The van der Waals surface area contributed by atoms with E-state index >= 15 is 0 Å². The lowest BCUT2D eigenvalue weighted by atomic mass is 9.79. The molecule has 4 rings (SSSR count). The molecule has 2 nitrogen and oxygen atoms in total. The van der Waals surface area contributed by atoms with Crippen molar-refractivity contribution in [1.82, 2.24) is 4.90 Å². The van der Waals surface area contributed by atoms with Crippen LogP contribution >= 0.6 is 0 Å². The Morgan fingerprint density at radius 3 is 1.41 bits per heavy atom. The molecule has 0 N–H and O–H groups in total. The van der Waals surface area contributed by atoms with Crippen LogP contribution in [0.1, 0.15) is 43.0 Å². The van der Waals surface area contributed by atoms with E-state index in [0.717, 1.165) is 11.1 Å². The van der Waals surface area contributed by atoms with E-state index in [0.29, 0.717) is 13.1 Å². The number of rotatable bonds is 10. The summed E-state index contributed by atoms with van der Waals surface area (Å²) in [5.41, 5.74) is 3.82. The van der Waals surface area contributed by atoms with Crippen LogP contribution in [0, 0.1) is 12.3 Å². The van der Waals surface area contributed by atoms with E-state index in [9.17, 15) is 0 Å². The summed E-state index contributed by atoms with van der Waals surface area (Å²) in [5, 5.41) is 0.0949. The van der Waals surface area contributed by atoms with Gasteiger partial charge in [0.05, 0.1) is 0 Å². The Kier molecular flexibility index (Phi) is 8.79. The van der Waals surface area contributed by atoms with E-state index in [2.05, 4.69) is 153 Å². The molecule has 0 aliphatic heterocycles. The van der Waals surface area contributed by atoms with Gasteiger partial charge in [-0.2, -0.15) is 0 Å². The van der Waals surface area contributed by atoms with Crippen molar-refractivity contribution >= 4 is 9.76 Å². The van der Waals surface area contributed by atoms with E-state index in [4.69, 9.17) is 10.8 Å². The van der Waals surface area contributed by atoms with E-state index < -0.39 is 15.4 Å². The normalized spacial score (nSPS) is 13.1. The third-order valence-corrected chi connectivity index (χ3v) is 7.97. The predicted octanol–water partition coefficient (Wildman–Crippen LogP) is 6.95. The van der Waals surface area contributed by atoms with Crippen LogP contribution in [0.4, 0.5) is 0 Å². The van der Waals surface area contributed by atoms with Gasteiger partial charge in [-0.1, -0.05) is 148 Å². The molecule has 4 aromatic carbocycles. The molecule has 0 heterocycles. The standard InChI is InChI=1S/C34H37NOSi/c1-5-32(35(26-28-18-10-6-11-19-28)27-29-20-12-7-13-21-29)34(36-37-33(2,3)4,30-22-14-8-15-23-30)31-24-16-9-17-25-31/h1,6-25,32H,26-27,37H2,2-4H3/t32-/m1/s1. The zero-order valence-electron chi connectivity index (χ0n) is 22.2. The largest absolute Gasteiger partial charge is 0.408 e. The zero-order valence-corrected chi connectivity index (χ0v) is 23.6. The summed E-state index contributed by atoms with van der Waals surface area (Å²) < 4.78 is 7.23. The molecule has 0 saturated carbocycles. The highest BCUT2D eigenvalue weighted by molar-refractivity contribution is 6.32. The molecular weight excluding hydrogens is 466 g/mol. The fourth-order valence-electron chi connectivity index (χ4n) is 4.78. The molecule has 1 atom stereocenters. The van der Waals surface area contributed by atoms with Gasteiger partial charge in [-0.05, 0) is 27.3 Å². The average molecular weight is 504 g/mol. The van der Waals surface area contributed by atoms with Crippen LogP contribution in [0.25, 0.3) is 0 Å². The highest BCUT2D eigenvalue weighted by atomic mass is 28.2. The van der Waals surface area contributed by atoms with Gasteiger partial charge in [0.15, 0.2) is 9.76 Å². The van der Waals surface area contributed by atoms with Crippen molar-refractivity contribution in [3.05, 3.63) is 144 Å². The summed E-state index contributed by atoms with van der Waals surface area (Å²) >= 11 is 0. The zero-order chi connectivity index (χ0) is 26.1. The van der Waals surface area contributed by atoms with Gasteiger partial charge in [-0.25, -0.2) is 0 Å². The maximum absolute atomic E-state index is 7.23. The second kappa shape index (κ2) is 12.2. The first-order chi connectivity index (χ1) is 17.9. The Bertz CT molecular complexity index is 1180. The fraction of sp³-hybridized carbons (Fsp3) is 0.235. The lowest BCUT2D eigenvalue weighted by molar-refractivity contribution is 0.0188. The minimum absolute atomic E-state index is 0.0949. The summed E-state index contributed by atoms with van der Waals surface area (Å²) in [6.07, 6.45) is 6.52. The highest BCUT2D eigenvalue weighted by Gasteiger charge is 2.46. The maximum Gasteiger partial charge on any atom is 0.168 e. The Hall–Kier alpha value is -3.42. The van der Waals surface area contributed by atoms with Gasteiger partial charge in [-0.15, -0.1) is 6.42 Å². The summed E-state index contributed by atoms with van der Waals surface area (Å²) in [6.45, 7) is 8.21. The molecule has 188 valence electrons. The van der Waals surface area contributed by atoms with Gasteiger partial charge in [-0.3, -0.25) is 4.90 Å². The molecule has 37 heavy (non-hydrogen) atoms. The lowest BCUT2D eigenvalue weighted by Crippen LogP contribution is -2.53. The Morgan fingerprint density at radius 2 is 1.05 bits per heavy atom. The van der Waals surface area contributed by atoms with Crippen LogP contribution < -0.4 is 0 Å². The Balaban J connectivity index is 1.91. The van der Waals surface area contributed by atoms with Gasteiger partial charge in [0.25, 0.3) is 0 Å². The molecule has 4 aromatic rings. The maximum atomic E-state index is 7.23. The number of nitrogens with zero attached hydrogens (tertiary/aromatic N) is 1. The van der Waals surface area contributed by atoms with Gasteiger partial charge >= 0.3 is 0 Å². The summed E-state index contributed by atoms with van der Waals surface area (Å²) in [5.74, 6) is 3.24. The second-order valence-corrected chi connectivity index (χ2v) is 13.5. The van der Waals surface area contributed by atoms with Crippen LogP contribution in [-0.2, 0) is 23.1 Å². The number of hydrogen-bond acceptors (Lipinski definition) is 2. The number of hydrogen-bond donors (Lipinski definition) is 0. The second-order valence-electron chi connectivity index (χ2n) is 10.8. The minimum Gasteiger partial charge on any atom is -0.408 e. The highest BCUT2D eigenvalue weighted by Crippen LogP contribution is 2.42. The fourth-order valence-corrected chi connectivity index (χ4v) is 5.94. The Morgan fingerprint density at radius 1 is 0.676 bits per heavy atom. The van der Waals surface area contributed by atoms with Crippen LogP contribution in [0.5, 0.6) is 0 Å². The first kappa shape index (κ1) is 26.6. The Labute approximate surface area is 225 Å². The molecular formula is C34H37NOSi. The minimum atomic E-state index is -0.989. The smallest absolute Gasteiger partial charge is 0.168 e. The molecule has 0 spiro atoms. The van der Waals surface area contributed by atoms with Crippen molar-refractivity contribution < 1.29 is 4.43 Å². The summed E-state index contributed by atoms with van der Waals surface area (Å²) in [4.78, 5) is 2.40. The molecule has 0 aliphatic rings. The topological polar surface area (TPSA) is 12.5 Å². The molecule has 0 bridgehead atoms. The third kappa shape index (κ3) is 6.67. The number of benzene rings is 4. The van der Waals surface area contributed by atoms with Crippen LogP contribution in [0.2, 0.25) is 5.04 Å². The van der Waals surface area contributed by atoms with Crippen molar-refractivity contribution in [3.63, 3.8) is 0 Å². The van der Waals surface area contributed by atoms with E-state index in [1.807, 2.05) is 0 Å². The molecule has 0 amide bonds. The molecule has 0 aromatic heterocycles. The van der Waals surface area contributed by atoms with Crippen molar-refractivity contribution in [2.45, 2.75) is 50.5 Å². The van der Waals surface area contributed by atoms with Gasteiger partial charge in [0.2, 0.25) is 0 Å². The first-order valence-corrected chi connectivity index (χ1v) is 14.2. The SMILES string of the molecule is C#C[C@@H](N(Cc1ccccc1)Cc1ccccc1)C(O[SiH2]C(C)(C)C)(c1ccccc1)c1ccccc1. The van der Waals surface area contributed by atoms with Crippen LogP contribution in [-0.4, -0.2) is 20.7 Å². The van der Waals surface area contributed by atoms with Crippen LogP contribution in [0.3, 0.4) is 0 Å². The van der Waals surface area contributed by atoms with Crippen molar-refractivity contribution in [2.24, 2.45) is 0 Å². The predicted molar refractivity (Wildman–Crippen MR) is 158 cm³/mol. The van der Waals surface area contributed by atoms with Gasteiger partial charge < -0.3 is 4.43 Å². The summed E-state index contributed by atoms with van der Waals surface area (Å²) in [7, 11) is -0.989. The van der Waals surface area contributed by atoms with Crippen molar-refractivity contribution in [3.8, 4) is 12.3 Å². The third-order valence-electron chi connectivity index (χ3n) is 6.50. The quantitative estimate of drug-likeness (QED) is 0.171. The van der Waals surface area contributed by atoms with Crippen molar-refractivity contribution in [1.29, 1.82) is 0 Å². The molecule has 0 saturated heterocycles. The van der Waals surface area contributed by atoms with E-state index in [1.165, 1.54) is 11.1 Å². The van der Waals surface area contributed by atoms with Gasteiger partial charge in [0.1, 0.15) is 11.6 Å². The number of terminal acetylenes is 1. The van der Waals surface area contributed by atoms with Crippen molar-refractivity contribution in [2.75, 3.05) is 0 Å². The average Bonchev–Trinajstić information content (AvgIpc) is 2.92. The monoisotopic (exact) mass is 503 g/mol. The van der Waals surface area contributed by atoms with E-state index in [1.54, 1.807) is 0 Å². The summed E-state index contributed by atoms with van der Waals surface area (Å²) in [6, 6.07) is 41.9. The first-order valence-electron chi connectivity index (χ1n) is 13.0. The van der Waals surface area contributed by atoms with E-state index in [-0.39, 0.29) is 11.1 Å². The van der Waals surface area contributed by atoms with Crippen LogP contribution in [0.15, 0.2) is 121 Å². The molecule has 3 heteroatoms. The molecule has 0 radical (unpaired) electrons. The molecule has 0 aliphatic carbocycles. The lowest BCUT2D eigenvalue weighted by Gasteiger charge is -2.46.